The van der Waals surface area contributed by atoms with Crippen molar-refractivity contribution >= 4 is 12.2 Å². The lowest BCUT2D eigenvalue weighted by atomic mass is 9.96. The Kier molecular flexibility index (Phi) is 4.58. The molecule has 0 saturated carbocycles. The molecule has 2 atom stereocenters. The van der Waals surface area contributed by atoms with Crippen molar-refractivity contribution in [1.29, 1.82) is 0 Å². The average molecular weight is 256 g/mol. The number of carbonyl (C=O) groups excluding carboxylic acids is 1. The van der Waals surface area contributed by atoms with Crippen LogP contribution in [-0.4, -0.2) is 35.0 Å². The number of carbonyl (C=O) groups is 2. The van der Waals surface area contributed by atoms with Gasteiger partial charge in [-0.25, -0.2) is 9.59 Å². The van der Waals surface area contributed by atoms with Crippen molar-refractivity contribution in [3.05, 3.63) is 12.2 Å². The molecule has 0 bridgehead atoms. The van der Waals surface area contributed by atoms with Crippen molar-refractivity contribution in [2.75, 3.05) is 0 Å². The van der Waals surface area contributed by atoms with Gasteiger partial charge in [0.1, 0.15) is 5.60 Å². The number of amides is 2. The second kappa shape index (κ2) is 5.75. The van der Waals surface area contributed by atoms with E-state index in [4.69, 9.17) is 9.84 Å². The molecule has 2 amide bonds. The van der Waals surface area contributed by atoms with Crippen LogP contribution >= 0.6 is 0 Å². The maximum absolute atomic E-state index is 11.6. The summed E-state index contributed by atoms with van der Waals surface area (Å²) in [5.41, 5.74) is -0.565. The molecule has 0 spiro atoms. The fraction of sp³-hybridized carbons (Fsp3) is 0.667. The number of alkyl carbamates (subject to hydrolysis) is 1. The molecule has 1 rings (SSSR count). The summed E-state index contributed by atoms with van der Waals surface area (Å²) in [6.07, 6.45) is 3.35. The van der Waals surface area contributed by atoms with Gasteiger partial charge in [0.25, 0.3) is 0 Å². The molecule has 6 heteroatoms. The average Bonchev–Trinajstić information content (AvgIpc) is 2.17. The van der Waals surface area contributed by atoms with E-state index in [-0.39, 0.29) is 12.1 Å². The Morgan fingerprint density at radius 1 is 1.17 bits per heavy atom. The zero-order chi connectivity index (χ0) is 13.8. The Labute approximate surface area is 106 Å². The zero-order valence-corrected chi connectivity index (χ0v) is 10.9. The van der Waals surface area contributed by atoms with E-state index in [9.17, 15) is 9.59 Å². The van der Waals surface area contributed by atoms with Gasteiger partial charge in [-0.2, -0.15) is 0 Å². The summed E-state index contributed by atoms with van der Waals surface area (Å²) in [6, 6.07) is -0.596. The lowest BCUT2D eigenvalue weighted by Gasteiger charge is -2.30. The molecular formula is C12H20N2O4. The van der Waals surface area contributed by atoms with Crippen molar-refractivity contribution in [2.45, 2.75) is 51.3 Å². The first kappa shape index (κ1) is 14.3. The maximum atomic E-state index is 11.6. The van der Waals surface area contributed by atoms with Crippen molar-refractivity contribution in [2.24, 2.45) is 0 Å². The maximum Gasteiger partial charge on any atom is 0.407 e. The predicted molar refractivity (Wildman–Crippen MR) is 66.5 cm³/mol. The number of hydrogen-bond donors (Lipinski definition) is 3. The van der Waals surface area contributed by atoms with Gasteiger partial charge in [0, 0.05) is 0 Å². The van der Waals surface area contributed by atoms with E-state index in [0.717, 1.165) is 0 Å². The third-order valence-electron chi connectivity index (χ3n) is 2.44. The third-order valence-corrected chi connectivity index (χ3v) is 2.44. The molecule has 0 unspecified atom stereocenters. The van der Waals surface area contributed by atoms with E-state index >= 15 is 0 Å². The van der Waals surface area contributed by atoms with Gasteiger partial charge in [-0.15, -0.1) is 0 Å². The van der Waals surface area contributed by atoms with Crippen LogP contribution in [0.1, 0.15) is 33.6 Å². The molecule has 18 heavy (non-hydrogen) atoms. The first-order chi connectivity index (χ1) is 8.28. The summed E-state index contributed by atoms with van der Waals surface area (Å²) in [5.74, 6) is 0. The van der Waals surface area contributed by atoms with E-state index in [2.05, 4.69) is 10.6 Å². The van der Waals surface area contributed by atoms with Gasteiger partial charge < -0.3 is 20.5 Å². The standard InChI is InChI=1S/C12H20N2O4/c1-12(2,3)18-11(17)14-9-7-5-4-6-8(9)13-10(15)16/h4-5,8-9,13H,6-7H2,1-3H3,(H,14,17)(H,15,16)/t8-,9-/m1/s1. The third kappa shape index (κ3) is 5.07. The normalized spacial score (nSPS) is 23.3. The van der Waals surface area contributed by atoms with Crippen LogP contribution in [0.25, 0.3) is 0 Å². The number of hydrogen-bond acceptors (Lipinski definition) is 3. The van der Waals surface area contributed by atoms with Crippen LogP contribution in [0.5, 0.6) is 0 Å². The van der Waals surface area contributed by atoms with Gasteiger partial charge in [0.05, 0.1) is 12.1 Å². The Hall–Kier alpha value is -1.72. The van der Waals surface area contributed by atoms with Crippen LogP contribution in [-0.2, 0) is 4.74 Å². The molecule has 0 aliphatic heterocycles. The topological polar surface area (TPSA) is 87.7 Å². The monoisotopic (exact) mass is 256 g/mol. The van der Waals surface area contributed by atoms with Crippen molar-refractivity contribution in [3.63, 3.8) is 0 Å². The van der Waals surface area contributed by atoms with Crippen LogP contribution in [0.15, 0.2) is 12.2 Å². The Balaban J connectivity index is 2.55. The van der Waals surface area contributed by atoms with Crippen molar-refractivity contribution in [3.8, 4) is 0 Å². The molecule has 3 N–H and O–H groups in total. The van der Waals surface area contributed by atoms with Gasteiger partial charge in [-0.1, -0.05) is 12.2 Å². The van der Waals surface area contributed by atoms with Gasteiger partial charge >= 0.3 is 12.2 Å². The van der Waals surface area contributed by atoms with Gasteiger partial charge in [-0.3, -0.25) is 0 Å². The fourth-order valence-corrected chi connectivity index (χ4v) is 1.75. The van der Waals surface area contributed by atoms with E-state index < -0.39 is 17.8 Å². The summed E-state index contributed by atoms with van der Waals surface area (Å²) in [6.45, 7) is 5.33. The largest absolute Gasteiger partial charge is 0.465 e. The molecule has 0 aromatic heterocycles. The summed E-state index contributed by atoms with van der Waals surface area (Å²) < 4.78 is 5.14. The van der Waals surface area contributed by atoms with Crippen molar-refractivity contribution in [1.82, 2.24) is 10.6 Å². The summed E-state index contributed by atoms with van der Waals surface area (Å²) in [7, 11) is 0. The lowest BCUT2D eigenvalue weighted by Crippen LogP contribution is -2.52. The highest BCUT2D eigenvalue weighted by atomic mass is 16.6. The summed E-state index contributed by atoms with van der Waals surface area (Å²) in [5, 5.41) is 13.8. The van der Waals surface area contributed by atoms with Crippen LogP contribution in [0.3, 0.4) is 0 Å². The second-order valence-electron chi connectivity index (χ2n) is 5.25. The van der Waals surface area contributed by atoms with Gasteiger partial charge in [0.15, 0.2) is 0 Å². The number of nitrogens with one attached hydrogen (secondary N) is 2. The molecule has 102 valence electrons. The van der Waals surface area contributed by atoms with E-state index in [0.29, 0.717) is 12.8 Å². The first-order valence-electron chi connectivity index (χ1n) is 5.92. The van der Waals surface area contributed by atoms with E-state index in [1.54, 1.807) is 20.8 Å². The highest BCUT2D eigenvalue weighted by Gasteiger charge is 2.27. The molecule has 1 aliphatic carbocycles. The molecule has 0 saturated heterocycles. The minimum atomic E-state index is -1.09. The summed E-state index contributed by atoms with van der Waals surface area (Å²) >= 11 is 0. The Morgan fingerprint density at radius 3 is 2.11 bits per heavy atom. The first-order valence-corrected chi connectivity index (χ1v) is 5.92. The van der Waals surface area contributed by atoms with Crippen LogP contribution < -0.4 is 10.6 Å². The highest BCUT2D eigenvalue weighted by Crippen LogP contribution is 2.14. The highest BCUT2D eigenvalue weighted by molar-refractivity contribution is 5.69. The quantitative estimate of drug-likeness (QED) is 0.658. The van der Waals surface area contributed by atoms with Crippen LogP contribution in [0.2, 0.25) is 0 Å². The molecular weight excluding hydrogens is 236 g/mol. The predicted octanol–water partition coefficient (Wildman–Crippen LogP) is 1.87. The molecule has 0 aromatic carbocycles. The zero-order valence-electron chi connectivity index (χ0n) is 10.9. The van der Waals surface area contributed by atoms with Gasteiger partial charge in [0.2, 0.25) is 0 Å². The molecule has 6 nitrogen and oxygen atoms in total. The van der Waals surface area contributed by atoms with Crippen LogP contribution in [0.4, 0.5) is 9.59 Å². The second-order valence-corrected chi connectivity index (χ2v) is 5.25. The minimum Gasteiger partial charge on any atom is -0.465 e. The van der Waals surface area contributed by atoms with Crippen LogP contribution in [0, 0.1) is 0 Å². The summed E-state index contributed by atoms with van der Waals surface area (Å²) in [4.78, 5) is 22.3. The van der Waals surface area contributed by atoms with Gasteiger partial charge in [-0.05, 0) is 33.6 Å². The molecule has 1 aliphatic rings. The molecule has 0 aromatic rings. The molecule has 0 fully saturated rings. The number of rotatable bonds is 2. The lowest BCUT2D eigenvalue weighted by molar-refractivity contribution is 0.0490. The SMILES string of the molecule is CC(C)(C)OC(=O)N[C@@H]1CC=CC[C@H]1NC(=O)O. The van der Waals surface area contributed by atoms with Crippen molar-refractivity contribution < 1.29 is 19.4 Å². The van der Waals surface area contributed by atoms with E-state index in [1.165, 1.54) is 0 Å². The van der Waals surface area contributed by atoms with E-state index in [1.807, 2.05) is 12.2 Å². The fourth-order valence-electron chi connectivity index (χ4n) is 1.75. The molecule has 0 radical (unpaired) electrons. The minimum absolute atomic E-state index is 0.277. The molecule has 0 heterocycles. The Bertz CT molecular complexity index is 346. The Morgan fingerprint density at radius 2 is 1.67 bits per heavy atom. The number of carboxylic acid groups (broad SMARTS) is 1. The number of ether oxygens (including phenoxy) is 1. The smallest absolute Gasteiger partial charge is 0.407 e.